The summed E-state index contributed by atoms with van der Waals surface area (Å²) in [5.74, 6) is -0.388. The van der Waals surface area contributed by atoms with Gasteiger partial charge in [-0.05, 0) is 38.5 Å². The summed E-state index contributed by atoms with van der Waals surface area (Å²) < 4.78 is 41.4. The Kier molecular flexibility index (Phi) is 5.14. The fourth-order valence-corrected chi connectivity index (χ4v) is 3.13. The van der Waals surface area contributed by atoms with Crippen molar-refractivity contribution in [2.24, 2.45) is 0 Å². The van der Waals surface area contributed by atoms with E-state index in [2.05, 4.69) is 10.1 Å². The van der Waals surface area contributed by atoms with Crippen LogP contribution in [0.3, 0.4) is 0 Å². The topological polar surface area (TPSA) is 51.0 Å². The van der Waals surface area contributed by atoms with Gasteiger partial charge in [0, 0.05) is 25.0 Å². The average molecular weight is 390 g/mol. The van der Waals surface area contributed by atoms with Gasteiger partial charge in [0.1, 0.15) is 0 Å². The highest BCUT2D eigenvalue weighted by Gasteiger charge is 2.33. The number of hydrogen-bond donors (Lipinski definition) is 0. The lowest BCUT2D eigenvalue weighted by Gasteiger charge is -2.21. The number of hydrogen-bond acceptors (Lipinski definition) is 3. The number of carbonyl (C=O) groups excluding carboxylic acids is 1. The van der Waals surface area contributed by atoms with Gasteiger partial charge >= 0.3 is 6.18 Å². The van der Waals surface area contributed by atoms with Crippen LogP contribution in [-0.4, -0.2) is 32.6 Å². The van der Waals surface area contributed by atoms with Gasteiger partial charge in [-0.15, -0.1) is 0 Å². The first kappa shape index (κ1) is 19.9. The predicted octanol–water partition coefficient (Wildman–Crippen LogP) is 4.61. The molecule has 0 N–H and O–H groups in total. The van der Waals surface area contributed by atoms with Gasteiger partial charge < -0.3 is 4.90 Å². The Morgan fingerprint density at radius 1 is 1.25 bits per heavy atom. The second kappa shape index (κ2) is 7.26. The Labute approximate surface area is 160 Å². The normalized spacial score (nSPS) is 12.0. The standard InChI is InChI=1S/C20H21F3N4O/c1-12(2)27-18-15(10-24-27)9-16(13(3)25-18)19(28)26(4)11-14-7-5-6-8-17(14)20(21,22)23/h5-10,12H,11H2,1-4H3. The zero-order valence-corrected chi connectivity index (χ0v) is 16.1. The van der Waals surface area contributed by atoms with Crippen molar-refractivity contribution in [2.45, 2.75) is 39.5 Å². The maximum atomic E-state index is 13.2. The molecule has 2 heterocycles. The summed E-state index contributed by atoms with van der Waals surface area (Å²) in [5, 5.41) is 5.01. The average Bonchev–Trinajstić information content (AvgIpc) is 3.02. The van der Waals surface area contributed by atoms with Crippen LogP contribution >= 0.6 is 0 Å². The van der Waals surface area contributed by atoms with E-state index in [1.807, 2.05) is 13.8 Å². The van der Waals surface area contributed by atoms with E-state index in [0.29, 0.717) is 22.3 Å². The maximum Gasteiger partial charge on any atom is 0.416 e. The summed E-state index contributed by atoms with van der Waals surface area (Å²) in [6.07, 6.45) is -2.83. The van der Waals surface area contributed by atoms with Crippen molar-refractivity contribution >= 4 is 16.9 Å². The number of aryl methyl sites for hydroxylation is 1. The smallest absolute Gasteiger partial charge is 0.337 e. The molecule has 0 spiro atoms. The van der Waals surface area contributed by atoms with Crippen LogP contribution in [0, 0.1) is 6.92 Å². The van der Waals surface area contributed by atoms with E-state index in [1.54, 1.807) is 23.9 Å². The summed E-state index contributed by atoms with van der Waals surface area (Å²) in [5.41, 5.74) is 0.844. The van der Waals surface area contributed by atoms with Gasteiger partial charge in [-0.25, -0.2) is 9.67 Å². The molecule has 28 heavy (non-hydrogen) atoms. The molecule has 8 heteroatoms. The predicted molar refractivity (Wildman–Crippen MR) is 99.9 cm³/mol. The number of alkyl halides is 3. The Morgan fingerprint density at radius 2 is 1.93 bits per heavy atom. The Hall–Kier alpha value is -2.90. The summed E-state index contributed by atoms with van der Waals surface area (Å²) >= 11 is 0. The van der Waals surface area contributed by atoms with Crippen LogP contribution in [0.2, 0.25) is 0 Å². The number of amides is 1. The molecule has 0 bridgehead atoms. The van der Waals surface area contributed by atoms with E-state index in [9.17, 15) is 18.0 Å². The minimum Gasteiger partial charge on any atom is -0.337 e. The van der Waals surface area contributed by atoms with Crippen molar-refractivity contribution in [2.75, 3.05) is 7.05 Å². The van der Waals surface area contributed by atoms with E-state index < -0.39 is 11.7 Å². The molecule has 3 aromatic rings. The lowest BCUT2D eigenvalue weighted by Crippen LogP contribution is -2.28. The van der Waals surface area contributed by atoms with Gasteiger partial charge in [0.25, 0.3) is 5.91 Å². The third-order valence-electron chi connectivity index (χ3n) is 4.56. The molecule has 0 aliphatic carbocycles. The molecular weight excluding hydrogens is 369 g/mol. The van der Waals surface area contributed by atoms with Gasteiger partial charge in [-0.2, -0.15) is 18.3 Å². The van der Waals surface area contributed by atoms with Gasteiger partial charge in [0.2, 0.25) is 0 Å². The third-order valence-corrected chi connectivity index (χ3v) is 4.56. The number of halogens is 3. The van der Waals surface area contributed by atoms with Crippen LogP contribution in [0.15, 0.2) is 36.5 Å². The highest BCUT2D eigenvalue weighted by Crippen LogP contribution is 2.32. The summed E-state index contributed by atoms with van der Waals surface area (Å²) in [6.45, 7) is 5.52. The van der Waals surface area contributed by atoms with Crippen molar-refractivity contribution in [1.82, 2.24) is 19.7 Å². The molecule has 3 rings (SSSR count). The maximum absolute atomic E-state index is 13.2. The van der Waals surface area contributed by atoms with E-state index in [1.165, 1.54) is 30.1 Å². The first-order chi connectivity index (χ1) is 13.1. The Balaban J connectivity index is 1.91. The van der Waals surface area contributed by atoms with Crippen LogP contribution in [0.4, 0.5) is 13.2 Å². The number of rotatable bonds is 4. The summed E-state index contributed by atoms with van der Waals surface area (Å²) in [7, 11) is 1.48. The molecule has 0 saturated heterocycles. The molecule has 0 atom stereocenters. The number of pyridine rings is 1. The molecule has 0 aliphatic rings. The van der Waals surface area contributed by atoms with E-state index in [4.69, 9.17) is 0 Å². The molecule has 0 saturated carbocycles. The number of carbonyl (C=O) groups is 1. The summed E-state index contributed by atoms with van der Waals surface area (Å²) in [6, 6.07) is 7.08. The fourth-order valence-electron chi connectivity index (χ4n) is 3.13. The van der Waals surface area contributed by atoms with Crippen LogP contribution in [0.1, 0.15) is 47.1 Å². The molecule has 0 aliphatic heterocycles. The zero-order chi connectivity index (χ0) is 20.6. The van der Waals surface area contributed by atoms with Crippen LogP contribution in [0.25, 0.3) is 11.0 Å². The van der Waals surface area contributed by atoms with E-state index >= 15 is 0 Å². The number of nitrogens with zero attached hydrogens (tertiary/aromatic N) is 4. The SMILES string of the molecule is Cc1nc2c(cnn2C(C)C)cc1C(=O)N(C)Cc1ccccc1C(F)(F)F. The Morgan fingerprint density at radius 3 is 2.57 bits per heavy atom. The fraction of sp³-hybridized carbons (Fsp3) is 0.350. The van der Waals surface area contributed by atoms with Crippen molar-refractivity contribution in [3.63, 3.8) is 0 Å². The van der Waals surface area contributed by atoms with Gasteiger partial charge in [0.05, 0.1) is 23.0 Å². The third kappa shape index (κ3) is 3.72. The van der Waals surface area contributed by atoms with E-state index in [-0.39, 0.29) is 24.1 Å². The molecule has 0 fully saturated rings. The molecule has 0 unspecified atom stereocenters. The number of aromatic nitrogens is 3. The molecule has 5 nitrogen and oxygen atoms in total. The minimum absolute atomic E-state index is 0.0465. The quantitative estimate of drug-likeness (QED) is 0.654. The van der Waals surface area contributed by atoms with Gasteiger partial charge in [0.15, 0.2) is 5.65 Å². The van der Waals surface area contributed by atoms with E-state index in [0.717, 1.165) is 6.07 Å². The van der Waals surface area contributed by atoms with Crippen LogP contribution in [-0.2, 0) is 12.7 Å². The number of benzene rings is 1. The monoisotopic (exact) mass is 390 g/mol. The van der Waals surface area contributed by atoms with Crippen LogP contribution in [0.5, 0.6) is 0 Å². The van der Waals surface area contributed by atoms with Crippen molar-refractivity contribution in [1.29, 1.82) is 0 Å². The minimum atomic E-state index is -4.47. The highest BCUT2D eigenvalue weighted by molar-refractivity contribution is 5.98. The highest BCUT2D eigenvalue weighted by atomic mass is 19.4. The van der Waals surface area contributed by atoms with Crippen molar-refractivity contribution in [3.05, 3.63) is 58.9 Å². The first-order valence-corrected chi connectivity index (χ1v) is 8.85. The molecular formula is C20H21F3N4O. The summed E-state index contributed by atoms with van der Waals surface area (Å²) in [4.78, 5) is 18.7. The molecule has 148 valence electrons. The second-order valence-corrected chi connectivity index (χ2v) is 7.03. The molecule has 0 radical (unpaired) electrons. The second-order valence-electron chi connectivity index (χ2n) is 7.03. The van der Waals surface area contributed by atoms with Crippen molar-refractivity contribution in [3.8, 4) is 0 Å². The van der Waals surface area contributed by atoms with Crippen molar-refractivity contribution < 1.29 is 18.0 Å². The largest absolute Gasteiger partial charge is 0.416 e. The molecule has 1 amide bonds. The number of fused-ring (bicyclic) bond motifs is 1. The van der Waals surface area contributed by atoms with Gasteiger partial charge in [-0.1, -0.05) is 18.2 Å². The Bertz CT molecular complexity index is 1020. The lowest BCUT2D eigenvalue weighted by atomic mass is 10.1. The van der Waals surface area contributed by atoms with Crippen LogP contribution < -0.4 is 0 Å². The zero-order valence-electron chi connectivity index (χ0n) is 16.1. The molecule has 2 aromatic heterocycles. The first-order valence-electron chi connectivity index (χ1n) is 8.85. The van der Waals surface area contributed by atoms with Gasteiger partial charge in [-0.3, -0.25) is 4.79 Å². The molecule has 1 aromatic carbocycles. The lowest BCUT2D eigenvalue weighted by molar-refractivity contribution is -0.138.